The number of methoxy groups -OCH3 is 1. The Morgan fingerprint density at radius 3 is 2.85 bits per heavy atom. The molecule has 0 aliphatic carbocycles. The van der Waals surface area contributed by atoms with E-state index in [1.165, 1.54) is 0 Å². The molecule has 20 heavy (non-hydrogen) atoms. The summed E-state index contributed by atoms with van der Waals surface area (Å²) in [5, 5.41) is 9.43. The molecule has 0 spiro atoms. The molecule has 1 aromatic carbocycles. The van der Waals surface area contributed by atoms with Crippen LogP contribution in [0.4, 0.5) is 0 Å². The first kappa shape index (κ1) is 14.4. The van der Waals surface area contributed by atoms with Gasteiger partial charge in [0.05, 0.1) is 19.1 Å². The third-order valence-corrected chi connectivity index (χ3v) is 3.80. The topological polar surface area (TPSA) is 66.8 Å². The lowest BCUT2D eigenvalue weighted by atomic mass is 9.84. The summed E-state index contributed by atoms with van der Waals surface area (Å²) < 4.78 is 5.19. The SMILES string of the molecule is CCN1C(=O)CC[C@H](C(=O)O)[C@@H]1c1cccc(OC)c1. The zero-order valence-electron chi connectivity index (χ0n) is 11.7. The second kappa shape index (κ2) is 5.94. The van der Waals surface area contributed by atoms with Crippen LogP contribution < -0.4 is 4.74 Å². The zero-order valence-corrected chi connectivity index (χ0v) is 11.7. The van der Waals surface area contributed by atoms with Crippen LogP contribution in [0.5, 0.6) is 5.75 Å². The standard InChI is InChI=1S/C15H19NO4/c1-3-16-13(17)8-7-12(15(18)19)14(16)10-5-4-6-11(9-10)20-2/h4-6,9,12,14H,3,7-8H2,1-2H3,(H,18,19)/t12-,14-/m0/s1. The fourth-order valence-corrected chi connectivity index (χ4v) is 2.82. The summed E-state index contributed by atoms with van der Waals surface area (Å²) in [6.07, 6.45) is 0.678. The van der Waals surface area contributed by atoms with Crippen molar-refractivity contribution in [3.8, 4) is 5.75 Å². The maximum absolute atomic E-state index is 12.0. The van der Waals surface area contributed by atoms with Gasteiger partial charge in [0.2, 0.25) is 5.91 Å². The molecule has 2 rings (SSSR count). The summed E-state index contributed by atoms with van der Waals surface area (Å²) in [5.74, 6) is -0.748. The molecule has 1 aliphatic rings. The first-order chi connectivity index (χ1) is 9.58. The smallest absolute Gasteiger partial charge is 0.308 e. The predicted octanol–water partition coefficient (Wildman–Crippen LogP) is 2.08. The molecule has 1 heterocycles. The number of carboxylic acids is 1. The average Bonchev–Trinajstić information content (AvgIpc) is 2.46. The summed E-state index contributed by atoms with van der Waals surface area (Å²) in [6, 6.07) is 6.86. The third kappa shape index (κ3) is 2.61. The van der Waals surface area contributed by atoms with Crippen LogP contribution in [0.1, 0.15) is 31.4 Å². The molecule has 0 saturated carbocycles. The van der Waals surface area contributed by atoms with E-state index in [2.05, 4.69) is 0 Å². The number of carbonyl (C=O) groups is 2. The maximum atomic E-state index is 12.0. The number of likely N-dealkylation sites (tertiary alicyclic amines) is 1. The minimum atomic E-state index is -0.858. The van der Waals surface area contributed by atoms with Crippen LogP contribution >= 0.6 is 0 Å². The number of piperidine rings is 1. The predicted molar refractivity (Wildman–Crippen MR) is 73.5 cm³/mol. The average molecular weight is 277 g/mol. The molecule has 1 saturated heterocycles. The van der Waals surface area contributed by atoms with E-state index in [4.69, 9.17) is 4.74 Å². The Bertz CT molecular complexity index is 512. The van der Waals surface area contributed by atoms with Crippen molar-refractivity contribution >= 4 is 11.9 Å². The highest BCUT2D eigenvalue weighted by molar-refractivity contribution is 5.81. The Morgan fingerprint density at radius 2 is 2.25 bits per heavy atom. The van der Waals surface area contributed by atoms with Crippen LogP contribution in [0, 0.1) is 5.92 Å². The number of aliphatic carboxylic acids is 1. The number of ether oxygens (including phenoxy) is 1. The van der Waals surface area contributed by atoms with Crippen LogP contribution in [-0.2, 0) is 9.59 Å². The molecular weight excluding hydrogens is 258 g/mol. The van der Waals surface area contributed by atoms with Crippen molar-refractivity contribution in [1.29, 1.82) is 0 Å². The van der Waals surface area contributed by atoms with Gasteiger partial charge < -0.3 is 14.7 Å². The van der Waals surface area contributed by atoms with Crippen molar-refractivity contribution in [3.63, 3.8) is 0 Å². The van der Waals surface area contributed by atoms with Crippen LogP contribution in [-0.4, -0.2) is 35.5 Å². The molecule has 2 atom stereocenters. The highest BCUT2D eigenvalue weighted by Crippen LogP contribution is 2.37. The van der Waals surface area contributed by atoms with E-state index in [9.17, 15) is 14.7 Å². The summed E-state index contributed by atoms with van der Waals surface area (Å²) in [5.41, 5.74) is 0.812. The molecule has 0 unspecified atom stereocenters. The molecular formula is C15H19NO4. The Balaban J connectivity index is 2.43. The van der Waals surface area contributed by atoms with E-state index in [1.54, 1.807) is 18.1 Å². The van der Waals surface area contributed by atoms with Crippen LogP contribution in [0.15, 0.2) is 24.3 Å². The summed E-state index contributed by atoms with van der Waals surface area (Å²) >= 11 is 0. The Morgan fingerprint density at radius 1 is 1.50 bits per heavy atom. The fraction of sp³-hybridized carbons (Fsp3) is 0.467. The van der Waals surface area contributed by atoms with Gasteiger partial charge in [-0.05, 0) is 31.0 Å². The van der Waals surface area contributed by atoms with Crippen LogP contribution in [0.3, 0.4) is 0 Å². The number of hydrogen-bond donors (Lipinski definition) is 1. The number of amides is 1. The van der Waals surface area contributed by atoms with Crippen molar-refractivity contribution in [2.75, 3.05) is 13.7 Å². The quantitative estimate of drug-likeness (QED) is 0.915. The summed E-state index contributed by atoms with van der Waals surface area (Å²) in [7, 11) is 1.57. The molecule has 1 fully saturated rings. The molecule has 0 aromatic heterocycles. The van der Waals surface area contributed by atoms with Gasteiger partial charge in [0, 0.05) is 13.0 Å². The lowest BCUT2D eigenvalue weighted by Crippen LogP contribution is -2.45. The molecule has 108 valence electrons. The number of carboxylic acid groups (broad SMARTS) is 1. The second-order valence-corrected chi connectivity index (χ2v) is 4.88. The first-order valence-corrected chi connectivity index (χ1v) is 6.74. The number of hydrogen-bond acceptors (Lipinski definition) is 3. The Labute approximate surface area is 118 Å². The van der Waals surface area contributed by atoms with Crippen molar-refractivity contribution < 1.29 is 19.4 Å². The van der Waals surface area contributed by atoms with Gasteiger partial charge in [0.15, 0.2) is 0 Å². The van der Waals surface area contributed by atoms with Gasteiger partial charge in [0.25, 0.3) is 0 Å². The summed E-state index contributed by atoms with van der Waals surface area (Å²) in [6.45, 7) is 2.37. The largest absolute Gasteiger partial charge is 0.497 e. The molecule has 5 heteroatoms. The van der Waals surface area contributed by atoms with E-state index in [0.717, 1.165) is 5.56 Å². The molecule has 1 N–H and O–H groups in total. The van der Waals surface area contributed by atoms with Crippen molar-refractivity contribution in [2.24, 2.45) is 5.92 Å². The molecule has 1 aliphatic heterocycles. The van der Waals surface area contributed by atoms with E-state index >= 15 is 0 Å². The number of carbonyl (C=O) groups excluding carboxylic acids is 1. The van der Waals surface area contributed by atoms with E-state index < -0.39 is 17.9 Å². The van der Waals surface area contributed by atoms with Gasteiger partial charge in [-0.1, -0.05) is 12.1 Å². The lowest BCUT2D eigenvalue weighted by Gasteiger charge is -2.39. The molecule has 0 bridgehead atoms. The van der Waals surface area contributed by atoms with E-state index in [1.807, 2.05) is 25.1 Å². The number of rotatable bonds is 4. The molecule has 1 amide bonds. The van der Waals surface area contributed by atoms with Gasteiger partial charge in [-0.15, -0.1) is 0 Å². The third-order valence-electron chi connectivity index (χ3n) is 3.80. The van der Waals surface area contributed by atoms with Crippen molar-refractivity contribution in [1.82, 2.24) is 4.90 Å². The molecule has 1 aromatic rings. The summed E-state index contributed by atoms with van der Waals surface area (Å²) in [4.78, 5) is 25.2. The lowest BCUT2D eigenvalue weighted by molar-refractivity contribution is -0.151. The van der Waals surface area contributed by atoms with Crippen LogP contribution in [0.2, 0.25) is 0 Å². The fourth-order valence-electron chi connectivity index (χ4n) is 2.82. The van der Waals surface area contributed by atoms with Gasteiger partial charge in [0.1, 0.15) is 5.75 Å². The Kier molecular flexibility index (Phi) is 4.27. The van der Waals surface area contributed by atoms with Crippen molar-refractivity contribution in [2.45, 2.75) is 25.8 Å². The number of nitrogens with zero attached hydrogens (tertiary/aromatic N) is 1. The van der Waals surface area contributed by atoms with E-state index in [0.29, 0.717) is 25.1 Å². The van der Waals surface area contributed by atoms with Gasteiger partial charge in [-0.2, -0.15) is 0 Å². The normalized spacial score (nSPS) is 22.7. The minimum Gasteiger partial charge on any atom is -0.497 e. The number of benzene rings is 1. The van der Waals surface area contributed by atoms with Gasteiger partial charge in [-0.3, -0.25) is 9.59 Å². The van der Waals surface area contributed by atoms with Gasteiger partial charge in [-0.25, -0.2) is 0 Å². The van der Waals surface area contributed by atoms with Crippen molar-refractivity contribution in [3.05, 3.63) is 29.8 Å². The van der Waals surface area contributed by atoms with Crippen LogP contribution in [0.25, 0.3) is 0 Å². The maximum Gasteiger partial charge on any atom is 0.308 e. The van der Waals surface area contributed by atoms with E-state index in [-0.39, 0.29) is 5.91 Å². The Hall–Kier alpha value is -2.04. The highest BCUT2D eigenvalue weighted by Gasteiger charge is 2.40. The minimum absolute atomic E-state index is 0.0119. The second-order valence-electron chi connectivity index (χ2n) is 4.88. The molecule has 0 radical (unpaired) electrons. The highest BCUT2D eigenvalue weighted by atomic mass is 16.5. The molecule has 5 nitrogen and oxygen atoms in total. The van der Waals surface area contributed by atoms with Gasteiger partial charge >= 0.3 is 5.97 Å². The zero-order chi connectivity index (χ0) is 14.7. The first-order valence-electron chi connectivity index (χ1n) is 6.74. The monoisotopic (exact) mass is 277 g/mol.